The Balaban J connectivity index is 1.96. The quantitative estimate of drug-likeness (QED) is 0.863. The SMILES string of the molecule is Cc1ccccc1C(C)NC(=O)C1CCCCC1. The van der Waals surface area contributed by atoms with Crippen molar-refractivity contribution in [3.63, 3.8) is 0 Å². The van der Waals surface area contributed by atoms with Crippen LogP contribution in [-0.4, -0.2) is 5.91 Å². The van der Waals surface area contributed by atoms with Crippen LogP contribution in [0.3, 0.4) is 0 Å². The molecular weight excluding hydrogens is 222 g/mol. The molecule has 1 amide bonds. The van der Waals surface area contributed by atoms with Gasteiger partial charge in [0.2, 0.25) is 5.91 Å². The Bertz CT molecular complexity index is 407. The molecule has 0 aliphatic heterocycles. The van der Waals surface area contributed by atoms with Crippen molar-refractivity contribution < 1.29 is 4.79 Å². The zero-order valence-corrected chi connectivity index (χ0v) is 11.4. The maximum absolute atomic E-state index is 12.2. The van der Waals surface area contributed by atoms with Gasteiger partial charge >= 0.3 is 0 Å². The van der Waals surface area contributed by atoms with Gasteiger partial charge in [0.05, 0.1) is 6.04 Å². The largest absolute Gasteiger partial charge is 0.349 e. The van der Waals surface area contributed by atoms with E-state index in [-0.39, 0.29) is 17.9 Å². The highest BCUT2D eigenvalue weighted by atomic mass is 16.1. The van der Waals surface area contributed by atoms with Crippen LogP contribution in [-0.2, 0) is 4.79 Å². The predicted molar refractivity (Wildman–Crippen MR) is 74.3 cm³/mol. The third kappa shape index (κ3) is 3.12. The second kappa shape index (κ2) is 6.03. The first-order valence-electron chi connectivity index (χ1n) is 7.04. The molecule has 98 valence electrons. The molecule has 18 heavy (non-hydrogen) atoms. The Morgan fingerprint density at radius 1 is 1.22 bits per heavy atom. The summed E-state index contributed by atoms with van der Waals surface area (Å²) in [6.45, 7) is 4.17. The van der Waals surface area contributed by atoms with Crippen LogP contribution in [0.5, 0.6) is 0 Å². The molecule has 1 aliphatic rings. The van der Waals surface area contributed by atoms with Crippen molar-refractivity contribution in [3.8, 4) is 0 Å². The van der Waals surface area contributed by atoms with Gasteiger partial charge < -0.3 is 5.32 Å². The Morgan fingerprint density at radius 2 is 1.89 bits per heavy atom. The summed E-state index contributed by atoms with van der Waals surface area (Å²) in [5.41, 5.74) is 2.47. The normalized spacial score (nSPS) is 18.3. The summed E-state index contributed by atoms with van der Waals surface area (Å²) >= 11 is 0. The summed E-state index contributed by atoms with van der Waals surface area (Å²) in [6, 6.07) is 8.38. The Labute approximate surface area is 110 Å². The van der Waals surface area contributed by atoms with E-state index >= 15 is 0 Å². The maximum Gasteiger partial charge on any atom is 0.223 e. The second-order valence-electron chi connectivity index (χ2n) is 5.42. The highest BCUT2D eigenvalue weighted by Crippen LogP contribution is 2.25. The highest BCUT2D eigenvalue weighted by molar-refractivity contribution is 5.79. The number of carbonyl (C=O) groups excluding carboxylic acids is 1. The monoisotopic (exact) mass is 245 g/mol. The molecule has 0 aromatic heterocycles. The van der Waals surface area contributed by atoms with E-state index in [1.165, 1.54) is 30.4 Å². The smallest absolute Gasteiger partial charge is 0.223 e. The van der Waals surface area contributed by atoms with Gasteiger partial charge in [-0.1, -0.05) is 43.5 Å². The Morgan fingerprint density at radius 3 is 2.56 bits per heavy atom. The minimum Gasteiger partial charge on any atom is -0.349 e. The van der Waals surface area contributed by atoms with Crippen molar-refractivity contribution in [2.75, 3.05) is 0 Å². The van der Waals surface area contributed by atoms with Gasteiger partial charge in [-0.3, -0.25) is 4.79 Å². The summed E-state index contributed by atoms with van der Waals surface area (Å²) in [5, 5.41) is 3.17. The van der Waals surface area contributed by atoms with Crippen molar-refractivity contribution in [2.45, 2.75) is 52.0 Å². The first kappa shape index (κ1) is 13.1. The number of carbonyl (C=O) groups is 1. The molecule has 1 saturated carbocycles. The van der Waals surface area contributed by atoms with Crippen molar-refractivity contribution in [1.29, 1.82) is 0 Å². The predicted octanol–water partition coefficient (Wildman–Crippen LogP) is 3.75. The third-order valence-corrected chi connectivity index (χ3v) is 3.99. The van der Waals surface area contributed by atoms with E-state index in [9.17, 15) is 4.79 Å². The van der Waals surface area contributed by atoms with E-state index in [4.69, 9.17) is 0 Å². The molecular formula is C16H23NO. The molecule has 1 N–H and O–H groups in total. The van der Waals surface area contributed by atoms with Crippen LogP contribution in [0.4, 0.5) is 0 Å². The highest BCUT2D eigenvalue weighted by Gasteiger charge is 2.22. The van der Waals surface area contributed by atoms with E-state index in [2.05, 4.69) is 31.3 Å². The molecule has 1 aliphatic carbocycles. The Hall–Kier alpha value is -1.31. The van der Waals surface area contributed by atoms with Crippen LogP contribution in [0, 0.1) is 12.8 Å². The average molecular weight is 245 g/mol. The fourth-order valence-corrected chi connectivity index (χ4v) is 2.85. The molecule has 1 atom stereocenters. The fourth-order valence-electron chi connectivity index (χ4n) is 2.85. The lowest BCUT2D eigenvalue weighted by Crippen LogP contribution is -2.34. The van der Waals surface area contributed by atoms with E-state index in [0.717, 1.165) is 12.8 Å². The molecule has 1 aromatic carbocycles. The zero-order chi connectivity index (χ0) is 13.0. The molecule has 0 radical (unpaired) electrons. The van der Waals surface area contributed by atoms with E-state index in [0.29, 0.717) is 0 Å². The second-order valence-corrected chi connectivity index (χ2v) is 5.42. The van der Waals surface area contributed by atoms with E-state index in [1.54, 1.807) is 0 Å². The number of aryl methyl sites for hydroxylation is 1. The Kier molecular flexibility index (Phi) is 4.40. The number of hydrogen-bond donors (Lipinski definition) is 1. The summed E-state index contributed by atoms with van der Waals surface area (Å²) in [4.78, 5) is 12.2. The van der Waals surface area contributed by atoms with Crippen molar-refractivity contribution in [1.82, 2.24) is 5.32 Å². The molecule has 0 bridgehead atoms. The summed E-state index contributed by atoms with van der Waals surface area (Å²) in [7, 11) is 0. The van der Waals surface area contributed by atoms with E-state index in [1.807, 2.05) is 12.1 Å². The van der Waals surface area contributed by atoms with Gasteiger partial charge in [-0.15, -0.1) is 0 Å². The minimum atomic E-state index is 0.112. The lowest BCUT2D eigenvalue weighted by molar-refractivity contribution is -0.126. The standard InChI is InChI=1S/C16H23NO/c1-12-8-6-7-11-15(12)13(2)17-16(18)14-9-4-3-5-10-14/h6-8,11,13-14H,3-5,9-10H2,1-2H3,(H,17,18). The van der Waals surface area contributed by atoms with Crippen molar-refractivity contribution in [3.05, 3.63) is 35.4 Å². The molecule has 0 spiro atoms. The molecule has 0 saturated heterocycles. The van der Waals surface area contributed by atoms with Gasteiger partial charge in [-0.25, -0.2) is 0 Å². The molecule has 0 heterocycles. The summed E-state index contributed by atoms with van der Waals surface area (Å²) in [6.07, 6.45) is 5.82. The van der Waals surface area contributed by atoms with Crippen LogP contribution in [0.2, 0.25) is 0 Å². The van der Waals surface area contributed by atoms with Crippen LogP contribution in [0.15, 0.2) is 24.3 Å². The molecule has 2 nitrogen and oxygen atoms in total. The topological polar surface area (TPSA) is 29.1 Å². The first-order valence-corrected chi connectivity index (χ1v) is 7.04. The fraction of sp³-hybridized carbons (Fsp3) is 0.562. The maximum atomic E-state index is 12.2. The third-order valence-electron chi connectivity index (χ3n) is 3.99. The summed E-state index contributed by atoms with van der Waals surface area (Å²) in [5.74, 6) is 0.482. The van der Waals surface area contributed by atoms with Gasteiger partial charge in [-0.2, -0.15) is 0 Å². The zero-order valence-electron chi connectivity index (χ0n) is 11.4. The molecule has 1 fully saturated rings. The molecule has 1 unspecified atom stereocenters. The molecule has 2 heteroatoms. The van der Waals surface area contributed by atoms with Gasteiger partial charge in [0.1, 0.15) is 0 Å². The van der Waals surface area contributed by atoms with Crippen LogP contribution >= 0.6 is 0 Å². The average Bonchev–Trinajstić information content (AvgIpc) is 2.40. The van der Waals surface area contributed by atoms with Gasteiger partial charge in [0, 0.05) is 5.92 Å². The first-order chi connectivity index (χ1) is 8.68. The number of amides is 1. The van der Waals surface area contributed by atoms with E-state index < -0.39 is 0 Å². The van der Waals surface area contributed by atoms with Gasteiger partial charge in [-0.05, 0) is 37.8 Å². The van der Waals surface area contributed by atoms with Gasteiger partial charge in [0.15, 0.2) is 0 Å². The molecule has 1 aromatic rings. The van der Waals surface area contributed by atoms with Crippen molar-refractivity contribution in [2.24, 2.45) is 5.92 Å². The summed E-state index contributed by atoms with van der Waals surface area (Å²) < 4.78 is 0. The van der Waals surface area contributed by atoms with Crippen LogP contribution < -0.4 is 5.32 Å². The minimum absolute atomic E-state index is 0.112. The van der Waals surface area contributed by atoms with Gasteiger partial charge in [0.25, 0.3) is 0 Å². The lowest BCUT2D eigenvalue weighted by atomic mass is 9.88. The van der Waals surface area contributed by atoms with Crippen LogP contribution in [0.1, 0.15) is 56.2 Å². The lowest BCUT2D eigenvalue weighted by Gasteiger charge is -2.24. The van der Waals surface area contributed by atoms with Crippen molar-refractivity contribution >= 4 is 5.91 Å². The van der Waals surface area contributed by atoms with Crippen LogP contribution in [0.25, 0.3) is 0 Å². The molecule has 2 rings (SSSR count). The number of benzene rings is 1. The number of hydrogen-bond acceptors (Lipinski definition) is 1. The number of nitrogens with one attached hydrogen (secondary N) is 1. The number of rotatable bonds is 3.